The van der Waals surface area contributed by atoms with Crippen LogP contribution in [0.4, 0.5) is 0 Å². The van der Waals surface area contributed by atoms with Gasteiger partial charge >= 0.3 is 0 Å². The van der Waals surface area contributed by atoms with Crippen LogP contribution in [0.1, 0.15) is 37.7 Å². The molecule has 3 fully saturated rings. The van der Waals surface area contributed by atoms with Gasteiger partial charge in [-0.05, 0) is 55.2 Å². The van der Waals surface area contributed by atoms with Gasteiger partial charge in [-0.25, -0.2) is 0 Å². The monoisotopic (exact) mass is 345 g/mol. The van der Waals surface area contributed by atoms with E-state index in [9.17, 15) is 9.90 Å². The highest BCUT2D eigenvalue weighted by atomic mass is 35.5. The second-order valence-corrected chi connectivity index (χ2v) is 8.15. The van der Waals surface area contributed by atoms with Gasteiger partial charge in [0.1, 0.15) is 0 Å². The van der Waals surface area contributed by atoms with Crippen LogP contribution in [0, 0.1) is 17.8 Å². The Bertz CT molecular complexity index is 817. The number of amides is 1. The summed E-state index contributed by atoms with van der Waals surface area (Å²) in [5, 5.41) is 22.9. The summed E-state index contributed by atoms with van der Waals surface area (Å²) in [5.41, 5.74) is 0.830. The van der Waals surface area contributed by atoms with Crippen molar-refractivity contribution < 1.29 is 9.90 Å². The lowest BCUT2D eigenvalue weighted by Crippen LogP contribution is -2.39. The Hall–Kier alpha value is -1.59. The van der Waals surface area contributed by atoms with E-state index in [1.54, 1.807) is 6.20 Å². The average molecular weight is 346 g/mol. The van der Waals surface area contributed by atoms with Gasteiger partial charge in [-0.2, -0.15) is 5.10 Å². The molecule has 2 aromatic rings. The molecule has 5 rings (SSSR count). The van der Waals surface area contributed by atoms with E-state index in [1.807, 2.05) is 12.1 Å². The maximum Gasteiger partial charge on any atom is 0.223 e. The topological polar surface area (TPSA) is 78.0 Å². The first kappa shape index (κ1) is 14.7. The van der Waals surface area contributed by atoms with E-state index in [-0.39, 0.29) is 17.9 Å². The fraction of sp³-hybridized carbons (Fsp3) is 0.556. The molecule has 0 saturated heterocycles. The number of benzene rings is 1. The molecular formula is C18H20ClN3O2. The number of aromatic nitrogens is 2. The largest absolute Gasteiger partial charge is 0.385 e. The third-order valence-corrected chi connectivity index (χ3v) is 6.51. The van der Waals surface area contributed by atoms with E-state index in [4.69, 9.17) is 11.6 Å². The molecule has 1 amide bonds. The van der Waals surface area contributed by atoms with Gasteiger partial charge < -0.3 is 10.4 Å². The van der Waals surface area contributed by atoms with Gasteiger partial charge in [0.25, 0.3) is 0 Å². The van der Waals surface area contributed by atoms with Crippen molar-refractivity contribution in [1.82, 2.24) is 15.5 Å². The molecular weight excluding hydrogens is 326 g/mol. The third kappa shape index (κ3) is 2.11. The molecule has 0 radical (unpaired) electrons. The van der Waals surface area contributed by atoms with Gasteiger partial charge in [-0.3, -0.25) is 9.89 Å². The van der Waals surface area contributed by atoms with Crippen LogP contribution in [0.5, 0.6) is 0 Å². The number of nitrogens with one attached hydrogen (secondary N) is 2. The zero-order valence-electron chi connectivity index (χ0n) is 13.3. The number of hydrogen-bond acceptors (Lipinski definition) is 3. The maximum absolute atomic E-state index is 12.1. The summed E-state index contributed by atoms with van der Waals surface area (Å²) >= 11 is 6.21. The second-order valence-electron chi connectivity index (χ2n) is 7.71. The third-order valence-electron chi connectivity index (χ3n) is 6.29. The SMILES string of the molecule is O=C(N[C@H]1[C@@H]2C[C@@](O)(c3cc(Cl)cc4[nH]ncc34)C[C@@H]21)C1CCC1. The van der Waals surface area contributed by atoms with Crippen LogP contribution in [0.15, 0.2) is 18.3 Å². The summed E-state index contributed by atoms with van der Waals surface area (Å²) in [5.74, 6) is 1.19. The molecule has 5 nitrogen and oxygen atoms in total. The molecule has 3 aliphatic carbocycles. The van der Waals surface area contributed by atoms with Gasteiger partial charge in [0.15, 0.2) is 0 Å². The molecule has 3 aliphatic rings. The maximum atomic E-state index is 12.1. The number of aromatic amines is 1. The Balaban J connectivity index is 1.34. The van der Waals surface area contributed by atoms with E-state index in [1.165, 1.54) is 6.42 Å². The van der Waals surface area contributed by atoms with Gasteiger partial charge in [0, 0.05) is 22.4 Å². The quantitative estimate of drug-likeness (QED) is 0.800. The fourth-order valence-electron chi connectivity index (χ4n) is 4.65. The molecule has 4 atom stereocenters. The van der Waals surface area contributed by atoms with E-state index < -0.39 is 5.60 Å². The van der Waals surface area contributed by atoms with Crippen LogP contribution >= 0.6 is 11.6 Å². The van der Waals surface area contributed by atoms with Crippen molar-refractivity contribution in [2.45, 2.75) is 43.7 Å². The van der Waals surface area contributed by atoms with Crippen LogP contribution in [0.25, 0.3) is 10.9 Å². The standard InChI is InChI=1S/C18H20ClN3O2/c19-10-4-14(13-8-20-22-15(13)5-10)18(24)6-11-12(7-18)16(11)21-17(23)9-2-1-3-9/h4-5,8-9,11-12,16,24H,1-3,6-7H2,(H,20,22)(H,21,23)/t11-,12+,16+,18+. The molecule has 6 heteroatoms. The van der Waals surface area contributed by atoms with Gasteiger partial charge in [-0.1, -0.05) is 18.0 Å². The Morgan fingerprint density at radius 2 is 2.08 bits per heavy atom. The van der Waals surface area contributed by atoms with Crippen molar-refractivity contribution >= 4 is 28.4 Å². The summed E-state index contributed by atoms with van der Waals surface area (Å²) in [6.45, 7) is 0. The number of hydrogen-bond donors (Lipinski definition) is 3. The summed E-state index contributed by atoms with van der Waals surface area (Å²) in [6.07, 6.45) is 6.32. The number of H-pyrrole nitrogens is 1. The van der Waals surface area contributed by atoms with Crippen molar-refractivity contribution in [1.29, 1.82) is 0 Å². The number of aliphatic hydroxyl groups is 1. The number of nitrogens with zero attached hydrogens (tertiary/aromatic N) is 1. The van der Waals surface area contributed by atoms with Crippen molar-refractivity contribution in [3.8, 4) is 0 Å². The zero-order valence-corrected chi connectivity index (χ0v) is 14.0. The van der Waals surface area contributed by atoms with Crippen LogP contribution in [-0.2, 0) is 10.4 Å². The summed E-state index contributed by atoms with van der Waals surface area (Å²) in [7, 11) is 0. The number of rotatable bonds is 3. The number of halogens is 1. The minimum Gasteiger partial charge on any atom is -0.385 e. The lowest BCUT2D eigenvalue weighted by molar-refractivity contribution is -0.127. The van der Waals surface area contributed by atoms with E-state index in [2.05, 4.69) is 15.5 Å². The average Bonchev–Trinajstić information content (AvgIpc) is 2.89. The van der Waals surface area contributed by atoms with Crippen molar-refractivity contribution in [2.75, 3.05) is 0 Å². The van der Waals surface area contributed by atoms with Gasteiger partial charge in [-0.15, -0.1) is 0 Å². The van der Waals surface area contributed by atoms with Gasteiger partial charge in [0.2, 0.25) is 5.91 Å². The molecule has 3 saturated carbocycles. The highest BCUT2D eigenvalue weighted by Crippen LogP contribution is 2.60. The Kier molecular flexibility index (Phi) is 3.04. The minimum absolute atomic E-state index is 0.212. The molecule has 1 aromatic carbocycles. The molecule has 0 aliphatic heterocycles. The number of carbonyl (C=O) groups excluding carboxylic acids is 1. The predicted octanol–water partition coefficient (Wildman–Crippen LogP) is 2.73. The van der Waals surface area contributed by atoms with Crippen LogP contribution in [0.2, 0.25) is 5.02 Å². The van der Waals surface area contributed by atoms with Crippen LogP contribution in [-0.4, -0.2) is 27.3 Å². The van der Waals surface area contributed by atoms with E-state index in [0.29, 0.717) is 29.7 Å². The fourth-order valence-corrected chi connectivity index (χ4v) is 4.87. The van der Waals surface area contributed by atoms with E-state index >= 15 is 0 Å². The molecule has 0 unspecified atom stereocenters. The molecule has 126 valence electrons. The summed E-state index contributed by atoms with van der Waals surface area (Å²) in [4.78, 5) is 12.1. The lowest BCUT2D eigenvalue weighted by Gasteiger charge is -2.29. The minimum atomic E-state index is -0.875. The molecule has 3 N–H and O–H groups in total. The Labute approximate surface area is 144 Å². The molecule has 1 aromatic heterocycles. The lowest BCUT2D eigenvalue weighted by atomic mass is 9.84. The highest BCUT2D eigenvalue weighted by molar-refractivity contribution is 6.31. The van der Waals surface area contributed by atoms with Crippen molar-refractivity contribution in [3.63, 3.8) is 0 Å². The van der Waals surface area contributed by atoms with Crippen molar-refractivity contribution in [2.24, 2.45) is 17.8 Å². The Morgan fingerprint density at radius 1 is 1.33 bits per heavy atom. The second kappa shape index (κ2) is 4.96. The first-order chi connectivity index (χ1) is 11.5. The van der Waals surface area contributed by atoms with Gasteiger partial charge in [0.05, 0.1) is 17.3 Å². The first-order valence-corrected chi connectivity index (χ1v) is 9.09. The normalized spacial score (nSPS) is 34.8. The summed E-state index contributed by atoms with van der Waals surface area (Å²) < 4.78 is 0. The highest BCUT2D eigenvalue weighted by Gasteiger charge is 2.62. The predicted molar refractivity (Wildman–Crippen MR) is 90.5 cm³/mol. The van der Waals surface area contributed by atoms with Crippen LogP contribution in [0.3, 0.4) is 0 Å². The smallest absolute Gasteiger partial charge is 0.223 e. The molecule has 0 spiro atoms. The van der Waals surface area contributed by atoms with E-state index in [0.717, 1.165) is 29.3 Å². The van der Waals surface area contributed by atoms with Crippen molar-refractivity contribution in [3.05, 3.63) is 28.9 Å². The molecule has 0 bridgehead atoms. The molecule has 1 heterocycles. The molecule has 24 heavy (non-hydrogen) atoms. The number of carbonyl (C=O) groups is 1. The van der Waals surface area contributed by atoms with Crippen LogP contribution < -0.4 is 5.32 Å². The Morgan fingerprint density at radius 3 is 2.75 bits per heavy atom. The summed E-state index contributed by atoms with van der Waals surface area (Å²) in [6, 6.07) is 3.93. The number of fused-ring (bicyclic) bond motifs is 2. The zero-order chi connectivity index (χ0) is 16.5. The first-order valence-electron chi connectivity index (χ1n) is 8.71.